The van der Waals surface area contributed by atoms with Crippen molar-refractivity contribution in [1.82, 2.24) is 4.98 Å². The summed E-state index contributed by atoms with van der Waals surface area (Å²) in [7, 11) is 3.91. The number of anilines is 2. The van der Waals surface area contributed by atoms with Gasteiger partial charge in [0.15, 0.2) is 5.82 Å². The number of hydrogen-bond donors (Lipinski definition) is 2. The molecular weight excluding hydrogens is 238 g/mol. The van der Waals surface area contributed by atoms with Gasteiger partial charge in [-0.25, -0.2) is 4.98 Å². The van der Waals surface area contributed by atoms with E-state index >= 15 is 0 Å². The van der Waals surface area contributed by atoms with Crippen LogP contribution in [0.4, 0.5) is 11.5 Å². The fraction of sp³-hybridized carbons (Fsp3) is 0.267. The normalized spacial score (nSPS) is 11.9. The van der Waals surface area contributed by atoms with Gasteiger partial charge in [0.25, 0.3) is 0 Å². The number of nitrogens with zero attached hydrogens (tertiary/aromatic N) is 2. The van der Waals surface area contributed by atoms with Crippen LogP contribution in [-0.4, -0.2) is 24.2 Å². The average molecular weight is 257 g/mol. The quantitative estimate of drug-likeness (QED) is 0.884. The summed E-state index contributed by atoms with van der Waals surface area (Å²) in [5.74, 6) is 1.18. The SMILES string of the molecule is CC(Nc1cccnc1N(C)C)c1ccccc1O. The number of rotatable bonds is 4. The predicted molar refractivity (Wildman–Crippen MR) is 78.7 cm³/mol. The van der Waals surface area contributed by atoms with Crippen molar-refractivity contribution < 1.29 is 5.11 Å². The number of phenolic OH excluding ortho intramolecular Hbond substituents is 1. The maximum Gasteiger partial charge on any atom is 0.151 e. The van der Waals surface area contributed by atoms with Crippen LogP contribution in [0.2, 0.25) is 0 Å². The molecule has 1 aromatic heterocycles. The summed E-state index contributed by atoms with van der Waals surface area (Å²) in [4.78, 5) is 6.31. The van der Waals surface area contributed by atoms with Crippen LogP contribution in [-0.2, 0) is 0 Å². The van der Waals surface area contributed by atoms with Crippen molar-refractivity contribution in [2.24, 2.45) is 0 Å². The minimum absolute atomic E-state index is 0.00380. The van der Waals surface area contributed by atoms with Gasteiger partial charge in [-0.2, -0.15) is 0 Å². The molecule has 1 atom stereocenters. The fourth-order valence-electron chi connectivity index (χ4n) is 2.03. The highest BCUT2D eigenvalue weighted by Gasteiger charge is 2.12. The third-order valence-corrected chi connectivity index (χ3v) is 2.99. The van der Waals surface area contributed by atoms with Crippen LogP contribution >= 0.6 is 0 Å². The summed E-state index contributed by atoms with van der Waals surface area (Å²) in [6, 6.07) is 11.2. The second kappa shape index (κ2) is 5.61. The van der Waals surface area contributed by atoms with Gasteiger partial charge in [0, 0.05) is 25.9 Å². The van der Waals surface area contributed by atoms with E-state index in [4.69, 9.17) is 0 Å². The summed E-state index contributed by atoms with van der Waals surface area (Å²) >= 11 is 0. The summed E-state index contributed by atoms with van der Waals surface area (Å²) in [5, 5.41) is 13.3. The molecule has 0 aliphatic heterocycles. The van der Waals surface area contributed by atoms with Crippen LogP contribution < -0.4 is 10.2 Å². The second-order valence-corrected chi connectivity index (χ2v) is 4.69. The van der Waals surface area contributed by atoms with E-state index in [0.717, 1.165) is 17.1 Å². The predicted octanol–water partition coefficient (Wildman–Crippen LogP) is 3.03. The molecule has 0 aliphatic carbocycles. The van der Waals surface area contributed by atoms with Gasteiger partial charge < -0.3 is 15.3 Å². The molecule has 0 radical (unpaired) electrons. The van der Waals surface area contributed by atoms with Gasteiger partial charge >= 0.3 is 0 Å². The molecule has 0 saturated heterocycles. The molecule has 1 heterocycles. The van der Waals surface area contributed by atoms with Crippen LogP contribution in [0.5, 0.6) is 5.75 Å². The largest absolute Gasteiger partial charge is 0.508 e. The number of phenols is 1. The monoisotopic (exact) mass is 257 g/mol. The molecule has 0 aliphatic rings. The molecule has 0 fully saturated rings. The molecule has 0 spiro atoms. The van der Waals surface area contributed by atoms with Crippen molar-refractivity contribution >= 4 is 11.5 Å². The van der Waals surface area contributed by atoms with Gasteiger partial charge in [0.1, 0.15) is 5.75 Å². The van der Waals surface area contributed by atoms with Crippen molar-refractivity contribution in [2.75, 3.05) is 24.3 Å². The minimum Gasteiger partial charge on any atom is -0.508 e. The smallest absolute Gasteiger partial charge is 0.151 e. The Bertz CT molecular complexity index is 555. The number of para-hydroxylation sites is 1. The van der Waals surface area contributed by atoms with Crippen molar-refractivity contribution in [3.8, 4) is 5.75 Å². The van der Waals surface area contributed by atoms with Crippen molar-refractivity contribution in [3.05, 3.63) is 48.2 Å². The number of benzene rings is 1. The van der Waals surface area contributed by atoms with E-state index in [0.29, 0.717) is 5.75 Å². The number of aromatic hydroxyl groups is 1. The first-order valence-corrected chi connectivity index (χ1v) is 6.26. The summed E-state index contributed by atoms with van der Waals surface area (Å²) in [6.45, 7) is 2.02. The number of nitrogens with one attached hydrogen (secondary N) is 1. The lowest BCUT2D eigenvalue weighted by atomic mass is 10.1. The zero-order chi connectivity index (χ0) is 13.8. The van der Waals surface area contributed by atoms with E-state index in [1.54, 1.807) is 12.3 Å². The lowest BCUT2D eigenvalue weighted by Gasteiger charge is -2.21. The standard InChI is InChI=1S/C15H19N3O/c1-11(12-7-4-5-9-14(12)19)17-13-8-6-10-16-15(13)18(2)3/h4-11,17,19H,1-3H3. The van der Waals surface area contributed by atoms with Crippen LogP contribution in [0.1, 0.15) is 18.5 Å². The highest BCUT2D eigenvalue weighted by Crippen LogP contribution is 2.29. The van der Waals surface area contributed by atoms with E-state index in [2.05, 4.69) is 10.3 Å². The molecule has 0 bridgehead atoms. The Kier molecular flexibility index (Phi) is 3.90. The number of pyridine rings is 1. The lowest BCUT2D eigenvalue weighted by Crippen LogP contribution is -2.15. The van der Waals surface area contributed by atoms with Gasteiger partial charge in [-0.15, -0.1) is 0 Å². The summed E-state index contributed by atoms with van der Waals surface area (Å²) < 4.78 is 0. The fourth-order valence-corrected chi connectivity index (χ4v) is 2.03. The van der Waals surface area contributed by atoms with Gasteiger partial charge in [-0.1, -0.05) is 18.2 Å². The molecule has 4 heteroatoms. The first-order chi connectivity index (χ1) is 9.09. The highest BCUT2D eigenvalue weighted by molar-refractivity contribution is 5.65. The Balaban J connectivity index is 2.24. The molecule has 19 heavy (non-hydrogen) atoms. The zero-order valence-electron chi connectivity index (χ0n) is 11.5. The van der Waals surface area contributed by atoms with Crippen molar-refractivity contribution in [2.45, 2.75) is 13.0 Å². The van der Waals surface area contributed by atoms with Crippen LogP contribution in [0.3, 0.4) is 0 Å². The summed E-state index contributed by atoms with van der Waals surface area (Å²) in [6.07, 6.45) is 1.77. The Hall–Kier alpha value is -2.23. The van der Waals surface area contributed by atoms with Crippen molar-refractivity contribution in [3.63, 3.8) is 0 Å². The highest BCUT2D eigenvalue weighted by atomic mass is 16.3. The summed E-state index contributed by atoms with van der Waals surface area (Å²) in [5.41, 5.74) is 1.82. The van der Waals surface area contributed by atoms with E-state index in [1.165, 1.54) is 0 Å². The average Bonchev–Trinajstić information content (AvgIpc) is 2.39. The molecule has 4 nitrogen and oxygen atoms in total. The van der Waals surface area contributed by atoms with Crippen LogP contribution in [0, 0.1) is 0 Å². The molecule has 0 amide bonds. The van der Waals surface area contributed by atoms with Crippen LogP contribution in [0.25, 0.3) is 0 Å². The maximum atomic E-state index is 9.87. The van der Waals surface area contributed by atoms with E-state index in [-0.39, 0.29) is 6.04 Å². The Labute approximate surface area is 113 Å². The number of aromatic nitrogens is 1. The minimum atomic E-state index is 0.00380. The molecule has 1 aromatic carbocycles. The Morgan fingerprint density at radius 1 is 1.16 bits per heavy atom. The van der Waals surface area contributed by atoms with Gasteiger partial charge in [-0.05, 0) is 25.1 Å². The first-order valence-electron chi connectivity index (χ1n) is 6.26. The molecular formula is C15H19N3O. The van der Waals surface area contributed by atoms with Gasteiger partial charge in [0.2, 0.25) is 0 Å². The van der Waals surface area contributed by atoms with Gasteiger partial charge in [0.05, 0.1) is 11.7 Å². The van der Waals surface area contributed by atoms with E-state index < -0.39 is 0 Å². The second-order valence-electron chi connectivity index (χ2n) is 4.69. The number of hydrogen-bond acceptors (Lipinski definition) is 4. The third-order valence-electron chi connectivity index (χ3n) is 2.99. The first kappa shape index (κ1) is 13.2. The molecule has 2 rings (SSSR count). The maximum absolute atomic E-state index is 9.87. The molecule has 100 valence electrons. The lowest BCUT2D eigenvalue weighted by molar-refractivity contribution is 0.465. The third kappa shape index (κ3) is 2.96. The van der Waals surface area contributed by atoms with Gasteiger partial charge in [-0.3, -0.25) is 0 Å². The van der Waals surface area contributed by atoms with Crippen molar-refractivity contribution in [1.29, 1.82) is 0 Å². The molecule has 1 unspecified atom stereocenters. The van der Waals surface area contributed by atoms with E-state index in [1.807, 2.05) is 56.3 Å². The zero-order valence-corrected chi connectivity index (χ0v) is 11.5. The topological polar surface area (TPSA) is 48.4 Å². The molecule has 0 saturated carbocycles. The Morgan fingerprint density at radius 2 is 1.89 bits per heavy atom. The van der Waals surface area contributed by atoms with Crippen LogP contribution in [0.15, 0.2) is 42.6 Å². The van der Waals surface area contributed by atoms with E-state index in [9.17, 15) is 5.11 Å². The Morgan fingerprint density at radius 3 is 2.58 bits per heavy atom. The molecule has 2 aromatic rings. The molecule has 2 N–H and O–H groups in total.